The Balaban J connectivity index is 1.75. The summed E-state index contributed by atoms with van der Waals surface area (Å²) in [5, 5.41) is 9.27. The minimum atomic E-state index is 0.0363. The Hall–Kier alpha value is -1.24. The van der Waals surface area contributed by atoms with E-state index in [1.807, 2.05) is 6.92 Å². The highest BCUT2D eigenvalue weighted by molar-refractivity contribution is 5.41. The van der Waals surface area contributed by atoms with Crippen molar-refractivity contribution < 1.29 is 9.84 Å². The molecule has 6 nitrogen and oxygen atoms in total. The number of nitrogens with zero attached hydrogens (tertiary/aromatic N) is 4. The Morgan fingerprint density at radius 1 is 1.27 bits per heavy atom. The summed E-state index contributed by atoms with van der Waals surface area (Å²) in [7, 11) is 2.12. The minimum absolute atomic E-state index is 0.0363. The molecule has 1 unspecified atom stereocenters. The zero-order valence-electron chi connectivity index (χ0n) is 13.5. The lowest BCUT2D eigenvalue weighted by atomic mass is 9.98. The second-order valence-corrected chi connectivity index (χ2v) is 6.43. The molecule has 2 saturated heterocycles. The van der Waals surface area contributed by atoms with Gasteiger partial charge in [0.2, 0.25) is 0 Å². The fourth-order valence-electron chi connectivity index (χ4n) is 3.20. The van der Waals surface area contributed by atoms with Gasteiger partial charge in [0.25, 0.3) is 0 Å². The number of anilines is 1. The van der Waals surface area contributed by atoms with Gasteiger partial charge in [0.05, 0.1) is 12.3 Å². The van der Waals surface area contributed by atoms with E-state index < -0.39 is 0 Å². The van der Waals surface area contributed by atoms with Crippen LogP contribution in [0.5, 0.6) is 0 Å². The summed E-state index contributed by atoms with van der Waals surface area (Å²) in [5.41, 5.74) is 0.985. The average molecular weight is 306 g/mol. The highest BCUT2D eigenvalue weighted by Gasteiger charge is 2.24. The van der Waals surface area contributed by atoms with Crippen LogP contribution >= 0.6 is 0 Å². The topological polar surface area (TPSA) is 61.7 Å². The smallest absolute Gasteiger partial charge is 0.132 e. The van der Waals surface area contributed by atoms with E-state index in [9.17, 15) is 5.11 Å². The van der Waals surface area contributed by atoms with Gasteiger partial charge < -0.3 is 19.6 Å². The Labute approximate surface area is 132 Å². The molecule has 2 aliphatic rings. The molecule has 0 radical (unpaired) electrons. The average Bonchev–Trinajstić information content (AvgIpc) is 2.54. The fourth-order valence-corrected chi connectivity index (χ4v) is 3.20. The summed E-state index contributed by atoms with van der Waals surface area (Å²) in [6.45, 7) is 6.75. The van der Waals surface area contributed by atoms with Gasteiger partial charge in [-0.05, 0) is 32.7 Å². The molecule has 1 aromatic heterocycles. The summed E-state index contributed by atoms with van der Waals surface area (Å²) < 4.78 is 5.88. The van der Waals surface area contributed by atoms with E-state index in [1.165, 1.54) is 0 Å². The van der Waals surface area contributed by atoms with Crippen molar-refractivity contribution >= 4 is 5.82 Å². The molecule has 3 heterocycles. The molecule has 22 heavy (non-hydrogen) atoms. The number of likely N-dealkylation sites (N-methyl/N-ethyl adjacent to an activating group) is 1. The molecule has 2 fully saturated rings. The number of hydrogen-bond donors (Lipinski definition) is 1. The van der Waals surface area contributed by atoms with E-state index in [2.05, 4.69) is 32.9 Å². The van der Waals surface area contributed by atoms with Crippen molar-refractivity contribution in [1.82, 2.24) is 14.9 Å². The van der Waals surface area contributed by atoms with Crippen molar-refractivity contribution in [1.29, 1.82) is 0 Å². The lowest BCUT2D eigenvalue weighted by Gasteiger charge is -2.33. The first-order chi connectivity index (χ1) is 10.7. The molecule has 0 aromatic carbocycles. The molecular weight excluding hydrogens is 280 g/mol. The van der Waals surface area contributed by atoms with Gasteiger partial charge >= 0.3 is 0 Å². The first kappa shape index (κ1) is 15.6. The number of morpholine rings is 1. The number of hydrogen-bond acceptors (Lipinski definition) is 6. The molecule has 1 atom stereocenters. The minimum Gasteiger partial charge on any atom is -0.396 e. The van der Waals surface area contributed by atoms with Crippen molar-refractivity contribution in [3.05, 3.63) is 17.6 Å². The zero-order valence-corrected chi connectivity index (χ0v) is 13.5. The molecule has 0 spiro atoms. The largest absolute Gasteiger partial charge is 0.396 e. The summed E-state index contributed by atoms with van der Waals surface area (Å²) in [4.78, 5) is 13.8. The Morgan fingerprint density at radius 3 is 2.73 bits per heavy atom. The predicted octanol–water partition coefficient (Wildman–Crippen LogP) is 0.997. The number of aliphatic hydroxyl groups excluding tert-OH is 1. The second kappa shape index (κ2) is 6.89. The fraction of sp³-hybridized carbons (Fsp3) is 0.750. The maximum atomic E-state index is 9.27. The summed E-state index contributed by atoms with van der Waals surface area (Å²) >= 11 is 0. The van der Waals surface area contributed by atoms with E-state index >= 15 is 0 Å². The lowest BCUT2D eigenvalue weighted by Crippen LogP contribution is -2.37. The van der Waals surface area contributed by atoms with Gasteiger partial charge in [0.15, 0.2) is 0 Å². The van der Waals surface area contributed by atoms with Gasteiger partial charge in [-0.25, -0.2) is 9.97 Å². The number of ether oxygens (including phenoxy) is 1. The van der Waals surface area contributed by atoms with Crippen LogP contribution in [0.4, 0.5) is 5.82 Å². The molecule has 1 aromatic rings. The molecule has 122 valence electrons. The number of aliphatic hydroxyl groups is 1. The van der Waals surface area contributed by atoms with Crippen LogP contribution in [0.25, 0.3) is 0 Å². The van der Waals surface area contributed by atoms with Gasteiger partial charge in [0.1, 0.15) is 17.7 Å². The molecule has 2 aliphatic heterocycles. The number of rotatable bonds is 3. The second-order valence-electron chi connectivity index (χ2n) is 6.43. The van der Waals surface area contributed by atoms with Crippen LogP contribution in [-0.2, 0) is 4.74 Å². The van der Waals surface area contributed by atoms with Crippen molar-refractivity contribution in [2.24, 2.45) is 5.92 Å². The van der Waals surface area contributed by atoms with Gasteiger partial charge in [-0.15, -0.1) is 0 Å². The van der Waals surface area contributed by atoms with Crippen molar-refractivity contribution in [3.63, 3.8) is 0 Å². The van der Waals surface area contributed by atoms with E-state index in [-0.39, 0.29) is 6.10 Å². The maximum absolute atomic E-state index is 9.27. The predicted molar refractivity (Wildman–Crippen MR) is 85.0 cm³/mol. The molecule has 1 N–H and O–H groups in total. The standard InChI is InChI=1S/C16H26N4O2/c1-12-17-14(15-10-19(2)7-8-22-15)9-16(18-12)20-5-3-13(11-21)4-6-20/h9,13,15,21H,3-8,10-11H2,1-2H3. The van der Waals surface area contributed by atoms with Crippen LogP contribution in [0.2, 0.25) is 0 Å². The van der Waals surface area contributed by atoms with Crippen molar-refractivity contribution in [2.45, 2.75) is 25.9 Å². The van der Waals surface area contributed by atoms with E-state index in [1.54, 1.807) is 0 Å². The van der Waals surface area contributed by atoms with Gasteiger partial charge in [-0.2, -0.15) is 0 Å². The first-order valence-electron chi connectivity index (χ1n) is 8.17. The van der Waals surface area contributed by atoms with Crippen LogP contribution in [0.15, 0.2) is 6.07 Å². The summed E-state index contributed by atoms with van der Waals surface area (Å²) in [5.74, 6) is 2.23. The molecule has 0 aliphatic carbocycles. The highest BCUT2D eigenvalue weighted by Crippen LogP contribution is 2.26. The van der Waals surface area contributed by atoms with E-state index in [4.69, 9.17) is 4.74 Å². The third kappa shape index (κ3) is 3.56. The van der Waals surface area contributed by atoms with Crippen molar-refractivity contribution in [2.75, 3.05) is 51.3 Å². The van der Waals surface area contributed by atoms with Crippen LogP contribution in [0.1, 0.15) is 30.5 Å². The molecular formula is C16H26N4O2. The summed E-state index contributed by atoms with van der Waals surface area (Å²) in [6, 6.07) is 2.08. The van der Waals surface area contributed by atoms with Crippen LogP contribution < -0.4 is 4.90 Å². The Kier molecular flexibility index (Phi) is 4.90. The van der Waals surface area contributed by atoms with E-state index in [0.29, 0.717) is 12.5 Å². The molecule has 0 amide bonds. The monoisotopic (exact) mass is 306 g/mol. The number of piperidine rings is 1. The quantitative estimate of drug-likeness (QED) is 0.899. The SMILES string of the molecule is Cc1nc(C2CN(C)CCO2)cc(N2CCC(CO)CC2)n1. The molecule has 0 bridgehead atoms. The molecule has 3 rings (SSSR count). The number of aromatic nitrogens is 2. The van der Waals surface area contributed by atoms with Gasteiger partial charge in [-0.1, -0.05) is 0 Å². The van der Waals surface area contributed by atoms with Gasteiger partial charge in [-0.3, -0.25) is 0 Å². The molecule has 0 saturated carbocycles. The van der Waals surface area contributed by atoms with Crippen molar-refractivity contribution in [3.8, 4) is 0 Å². The van der Waals surface area contributed by atoms with Crippen LogP contribution in [0.3, 0.4) is 0 Å². The Bertz CT molecular complexity index is 503. The van der Waals surface area contributed by atoms with E-state index in [0.717, 1.165) is 63.0 Å². The normalized spacial score (nSPS) is 24.7. The first-order valence-corrected chi connectivity index (χ1v) is 8.17. The zero-order chi connectivity index (χ0) is 15.5. The van der Waals surface area contributed by atoms with Crippen LogP contribution in [0, 0.1) is 12.8 Å². The summed E-state index contributed by atoms with van der Waals surface area (Å²) in [6.07, 6.45) is 2.09. The Morgan fingerprint density at radius 2 is 2.05 bits per heavy atom. The van der Waals surface area contributed by atoms with Crippen LogP contribution in [-0.4, -0.2) is 66.4 Å². The highest BCUT2D eigenvalue weighted by atomic mass is 16.5. The maximum Gasteiger partial charge on any atom is 0.132 e. The third-order valence-electron chi connectivity index (χ3n) is 4.64. The number of aryl methyl sites for hydroxylation is 1. The third-order valence-corrected chi connectivity index (χ3v) is 4.64. The molecule has 6 heteroatoms. The van der Waals surface area contributed by atoms with Gasteiger partial charge in [0, 0.05) is 38.9 Å². The lowest BCUT2D eigenvalue weighted by molar-refractivity contribution is -0.0232.